The van der Waals surface area contributed by atoms with Crippen LogP contribution < -0.4 is 0 Å². The molecular formula is C19H20N4. The van der Waals surface area contributed by atoms with E-state index in [1.807, 2.05) is 19.3 Å². The molecule has 1 aliphatic heterocycles. The van der Waals surface area contributed by atoms with Crippen molar-refractivity contribution in [2.75, 3.05) is 0 Å². The molecule has 0 saturated carbocycles. The number of aromatic nitrogens is 3. The molecule has 0 spiro atoms. The van der Waals surface area contributed by atoms with Gasteiger partial charge in [-0.15, -0.1) is 10.2 Å². The molecule has 4 rings (SSSR count). The lowest BCUT2D eigenvalue weighted by Crippen LogP contribution is -2.30. The van der Waals surface area contributed by atoms with Crippen molar-refractivity contribution in [1.29, 1.82) is 0 Å². The van der Waals surface area contributed by atoms with Gasteiger partial charge in [0.15, 0.2) is 0 Å². The van der Waals surface area contributed by atoms with Crippen molar-refractivity contribution in [2.45, 2.75) is 32.7 Å². The highest BCUT2D eigenvalue weighted by Crippen LogP contribution is 2.31. The fraction of sp³-hybridized carbons (Fsp3) is 0.316. The van der Waals surface area contributed by atoms with E-state index in [0.29, 0.717) is 0 Å². The van der Waals surface area contributed by atoms with Gasteiger partial charge in [0.1, 0.15) is 11.2 Å². The van der Waals surface area contributed by atoms with E-state index in [0.717, 1.165) is 28.9 Å². The summed E-state index contributed by atoms with van der Waals surface area (Å²) in [4.78, 5) is 4.99. The smallest absolute Gasteiger partial charge is 0.114 e. The molecule has 0 N–H and O–H groups in total. The van der Waals surface area contributed by atoms with Gasteiger partial charge < -0.3 is 4.57 Å². The maximum absolute atomic E-state index is 4.99. The Balaban J connectivity index is 1.96. The molecule has 2 aromatic heterocycles. The van der Waals surface area contributed by atoms with Gasteiger partial charge in [-0.2, -0.15) is 0 Å². The van der Waals surface area contributed by atoms with Crippen LogP contribution in [0.2, 0.25) is 0 Å². The number of fused-ring (bicyclic) bond motifs is 2. The van der Waals surface area contributed by atoms with Crippen LogP contribution in [-0.2, 0) is 13.5 Å². The molecule has 3 heterocycles. The number of aryl methyl sites for hydroxylation is 2. The standard InChI is InChI=1S/C19H20N4/c1-12-6-5-7-13-14(12)11-19(2,3)20-18(13)16-10-17-15(21-22-16)8-9-23(17)4/h5-10H,11H2,1-4H3. The van der Waals surface area contributed by atoms with Crippen molar-refractivity contribution in [2.24, 2.45) is 12.0 Å². The Morgan fingerprint density at radius 1 is 1.13 bits per heavy atom. The lowest BCUT2D eigenvalue weighted by atomic mass is 9.84. The monoisotopic (exact) mass is 304 g/mol. The van der Waals surface area contributed by atoms with Gasteiger partial charge in [0.25, 0.3) is 0 Å². The summed E-state index contributed by atoms with van der Waals surface area (Å²) in [5, 5.41) is 8.81. The largest absolute Gasteiger partial charge is 0.349 e. The Morgan fingerprint density at radius 3 is 2.78 bits per heavy atom. The minimum Gasteiger partial charge on any atom is -0.349 e. The Morgan fingerprint density at radius 2 is 1.96 bits per heavy atom. The van der Waals surface area contributed by atoms with Crippen LogP contribution in [0.5, 0.6) is 0 Å². The highest BCUT2D eigenvalue weighted by molar-refractivity contribution is 6.14. The lowest BCUT2D eigenvalue weighted by molar-refractivity contribution is 0.512. The molecule has 0 bridgehead atoms. The average molecular weight is 304 g/mol. The summed E-state index contributed by atoms with van der Waals surface area (Å²) < 4.78 is 2.07. The van der Waals surface area contributed by atoms with Crippen molar-refractivity contribution in [3.05, 3.63) is 58.9 Å². The molecule has 1 aliphatic rings. The predicted octanol–water partition coefficient (Wildman–Crippen LogP) is 3.45. The second kappa shape index (κ2) is 4.75. The SMILES string of the molecule is Cc1cccc2c1CC(C)(C)N=C2c1cc2c(ccn2C)nn1. The van der Waals surface area contributed by atoms with Gasteiger partial charge >= 0.3 is 0 Å². The van der Waals surface area contributed by atoms with E-state index in [4.69, 9.17) is 4.99 Å². The normalized spacial score (nSPS) is 16.3. The molecule has 0 atom stereocenters. The minimum absolute atomic E-state index is 0.126. The van der Waals surface area contributed by atoms with Gasteiger partial charge in [0, 0.05) is 18.8 Å². The van der Waals surface area contributed by atoms with E-state index in [-0.39, 0.29) is 5.54 Å². The third-order valence-corrected chi connectivity index (χ3v) is 4.57. The summed E-state index contributed by atoms with van der Waals surface area (Å²) in [6.07, 6.45) is 2.96. The third kappa shape index (κ3) is 2.25. The zero-order valence-electron chi connectivity index (χ0n) is 14.0. The van der Waals surface area contributed by atoms with Crippen molar-refractivity contribution >= 4 is 16.7 Å². The Bertz CT molecular complexity index is 947. The number of aliphatic imine (C=N–C) groups is 1. The Labute approximate surface area is 135 Å². The van der Waals surface area contributed by atoms with Crippen molar-refractivity contribution in [3.8, 4) is 0 Å². The molecule has 0 aliphatic carbocycles. The molecule has 0 fully saturated rings. The van der Waals surface area contributed by atoms with Crippen LogP contribution >= 0.6 is 0 Å². The molecule has 23 heavy (non-hydrogen) atoms. The topological polar surface area (TPSA) is 43.1 Å². The molecule has 4 nitrogen and oxygen atoms in total. The van der Waals surface area contributed by atoms with Crippen molar-refractivity contribution in [1.82, 2.24) is 14.8 Å². The number of rotatable bonds is 1. The molecule has 116 valence electrons. The Kier molecular flexibility index (Phi) is 2.92. The highest BCUT2D eigenvalue weighted by atomic mass is 15.1. The number of hydrogen-bond acceptors (Lipinski definition) is 3. The van der Waals surface area contributed by atoms with E-state index in [1.165, 1.54) is 16.7 Å². The van der Waals surface area contributed by atoms with Gasteiger partial charge in [-0.05, 0) is 50.5 Å². The molecular weight excluding hydrogens is 284 g/mol. The second-order valence-electron chi connectivity index (χ2n) is 6.98. The summed E-state index contributed by atoms with van der Waals surface area (Å²) in [6, 6.07) is 10.5. The summed E-state index contributed by atoms with van der Waals surface area (Å²) in [7, 11) is 2.03. The molecule has 1 aromatic carbocycles. The summed E-state index contributed by atoms with van der Waals surface area (Å²) in [5.41, 5.74) is 7.54. The first-order valence-corrected chi connectivity index (χ1v) is 7.92. The molecule has 4 heteroatoms. The summed E-state index contributed by atoms with van der Waals surface area (Å²) >= 11 is 0. The van der Waals surface area contributed by atoms with Crippen molar-refractivity contribution < 1.29 is 0 Å². The van der Waals surface area contributed by atoms with Gasteiger partial charge in [-0.25, -0.2) is 0 Å². The van der Waals surface area contributed by atoms with E-state index < -0.39 is 0 Å². The van der Waals surface area contributed by atoms with Crippen LogP contribution in [0, 0.1) is 6.92 Å². The average Bonchev–Trinajstić information content (AvgIpc) is 2.88. The van der Waals surface area contributed by atoms with Crippen LogP contribution in [0.15, 0.2) is 41.5 Å². The quantitative estimate of drug-likeness (QED) is 0.691. The first kappa shape index (κ1) is 14.1. The van der Waals surface area contributed by atoms with Crippen LogP contribution in [0.1, 0.15) is 36.2 Å². The minimum atomic E-state index is -0.126. The predicted molar refractivity (Wildman–Crippen MR) is 93.1 cm³/mol. The molecule has 0 saturated heterocycles. The summed E-state index contributed by atoms with van der Waals surface area (Å²) in [5.74, 6) is 0. The fourth-order valence-corrected chi connectivity index (χ4v) is 3.36. The highest BCUT2D eigenvalue weighted by Gasteiger charge is 2.29. The third-order valence-electron chi connectivity index (χ3n) is 4.57. The first-order chi connectivity index (χ1) is 10.9. The van der Waals surface area contributed by atoms with E-state index in [2.05, 4.69) is 59.8 Å². The van der Waals surface area contributed by atoms with Gasteiger partial charge in [-0.1, -0.05) is 18.2 Å². The van der Waals surface area contributed by atoms with E-state index in [9.17, 15) is 0 Å². The summed E-state index contributed by atoms with van der Waals surface area (Å²) in [6.45, 7) is 6.53. The van der Waals surface area contributed by atoms with Gasteiger partial charge in [-0.3, -0.25) is 4.99 Å². The van der Waals surface area contributed by atoms with Crippen LogP contribution in [0.3, 0.4) is 0 Å². The van der Waals surface area contributed by atoms with Gasteiger partial charge in [0.05, 0.1) is 16.8 Å². The number of benzene rings is 1. The zero-order chi connectivity index (χ0) is 16.2. The molecule has 3 aromatic rings. The van der Waals surface area contributed by atoms with Crippen LogP contribution in [0.25, 0.3) is 11.0 Å². The maximum atomic E-state index is 4.99. The molecule has 0 radical (unpaired) electrons. The number of hydrogen-bond donors (Lipinski definition) is 0. The van der Waals surface area contributed by atoms with Gasteiger partial charge in [0.2, 0.25) is 0 Å². The second-order valence-corrected chi connectivity index (χ2v) is 6.98. The molecule has 0 amide bonds. The zero-order valence-corrected chi connectivity index (χ0v) is 14.0. The van der Waals surface area contributed by atoms with E-state index in [1.54, 1.807) is 0 Å². The van der Waals surface area contributed by atoms with E-state index >= 15 is 0 Å². The first-order valence-electron chi connectivity index (χ1n) is 7.92. The molecule has 0 unspecified atom stereocenters. The fourth-order valence-electron chi connectivity index (χ4n) is 3.36. The van der Waals surface area contributed by atoms with Crippen molar-refractivity contribution in [3.63, 3.8) is 0 Å². The maximum Gasteiger partial charge on any atom is 0.114 e. The van der Waals surface area contributed by atoms with Crippen LogP contribution in [0.4, 0.5) is 0 Å². The lowest BCUT2D eigenvalue weighted by Gasteiger charge is -2.29. The Hall–Kier alpha value is -2.49. The van der Waals surface area contributed by atoms with Crippen LogP contribution in [-0.4, -0.2) is 26.0 Å². The number of nitrogens with zero attached hydrogens (tertiary/aromatic N) is 4.